The maximum atomic E-state index is 12.3. The van der Waals surface area contributed by atoms with E-state index in [0.717, 1.165) is 28.1 Å². The van der Waals surface area contributed by atoms with Gasteiger partial charge in [-0.15, -0.1) is 0 Å². The lowest BCUT2D eigenvalue weighted by molar-refractivity contribution is 0.0510. The molecule has 2 aromatic heterocycles. The lowest BCUT2D eigenvalue weighted by Gasteiger charge is -2.25. The fraction of sp³-hybridized carbons (Fsp3) is 0.154. The number of aryl methyl sites for hydroxylation is 1. The van der Waals surface area contributed by atoms with Crippen molar-refractivity contribution in [3.8, 4) is 28.9 Å². The molecule has 9 nitrogen and oxygen atoms in total. The Labute approximate surface area is 201 Å². The first kappa shape index (κ1) is 22.0. The van der Waals surface area contributed by atoms with Gasteiger partial charge in [-0.3, -0.25) is 4.57 Å². The maximum Gasteiger partial charge on any atom is 0.374 e. The Morgan fingerprint density at radius 3 is 2.63 bits per heavy atom. The summed E-state index contributed by atoms with van der Waals surface area (Å²) in [4.78, 5) is 16.4. The first-order valence-electron chi connectivity index (χ1n) is 11.0. The zero-order valence-corrected chi connectivity index (χ0v) is 19.2. The van der Waals surface area contributed by atoms with Crippen LogP contribution in [-0.4, -0.2) is 31.9 Å². The number of ether oxygens (including phenoxy) is 2. The molecule has 0 amide bonds. The third-order valence-electron chi connectivity index (χ3n) is 5.85. The predicted octanol–water partition coefficient (Wildman–Crippen LogP) is 3.67. The molecule has 9 heteroatoms. The van der Waals surface area contributed by atoms with Gasteiger partial charge in [0.15, 0.2) is 0 Å². The van der Waals surface area contributed by atoms with Gasteiger partial charge in [0, 0.05) is 30.7 Å². The zero-order chi connectivity index (χ0) is 24.5. The van der Waals surface area contributed by atoms with Crippen molar-refractivity contribution in [1.82, 2.24) is 19.3 Å². The first-order valence-corrected chi connectivity index (χ1v) is 11.0. The summed E-state index contributed by atoms with van der Waals surface area (Å²) < 4.78 is 14.2. The molecule has 0 bridgehead atoms. The van der Waals surface area contributed by atoms with Gasteiger partial charge in [0.05, 0.1) is 18.1 Å². The molecule has 1 aliphatic heterocycles. The Kier molecular flexibility index (Phi) is 5.55. The van der Waals surface area contributed by atoms with Crippen molar-refractivity contribution in [2.75, 3.05) is 6.61 Å². The number of hydrogen-bond donors (Lipinski definition) is 1. The number of rotatable bonds is 5. The number of fused-ring (bicyclic) bond motifs is 1. The van der Waals surface area contributed by atoms with Gasteiger partial charge in [-0.25, -0.2) is 14.5 Å². The largest absolute Gasteiger partial charge is 0.460 e. The van der Waals surface area contributed by atoms with Crippen LogP contribution in [0.4, 0.5) is 0 Å². The van der Waals surface area contributed by atoms with Crippen LogP contribution in [0.1, 0.15) is 34.6 Å². The van der Waals surface area contributed by atoms with Gasteiger partial charge in [0.2, 0.25) is 17.6 Å². The molecule has 0 saturated carbocycles. The normalized spacial score (nSPS) is 14.7. The van der Waals surface area contributed by atoms with Gasteiger partial charge in [-0.2, -0.15) is 10.4 Å². The molecule has 1 aliphatic rings. The molecule has 4 aromatic rings. The summed E-state index contributed by atoms with van der Waals surface area (Å²) in [5.74, 6) is -0.243. The van der Waals surface area contributed by atoms with Crippen LogP contribution in [0.3, 0.4) is 0 Å². The molecule has 1 atom stereocenters. The number of esters is 1. The second-order valence-corrected chi connectivity index (χ2v) is 7.91. The van der Waals surface area contributed by atoms with Crippen molar-refractivity contribution >= 4 is 5.97 Å². The van der Waals surface area contributed by atoms with E-state index in [4.69, 9.17) is 15.2 Å². The Hall–Kier alpha value is -4.84. The monoisotopic (exact) mass is 466 g/mol. The van der Waals surface area contributed by atoms with Crippen LogP contribution >= 0.6 is 0 Å². The van der Waals surface area contributed by atoms with Gasteiger partial charge in [0.25, 0.3) is 0 Å². The fourth-order valence-electron chi connectivity index (χ4n) is 4.30. The zero-order valence-electron chi connectivity index (χ0n) is 19.2. The van der Waals surface area contributed by atoms with E-state index in [1.165, 1.54) is 0 Å². The Balaban J connectivity index is 1.61. The third kappa shape index (κ3) is 3.71. The van der Waals surface area contributed by atoms with Gasteiger partial charge in [-0.1, -0.05) is 42.5 Å². The van der Waals surface area contributed by atoms with Crippen molar-refractivity contribution in [3.05, 3.63) is 95.4 Å². The molecule has 1 unspecified atom stereocenters. The van der Waals surface area contributed by atoms with E-state index in [2.05, 4.69) is 16.2 Å². The SMILES string of the molecule is CCOC(=O)c1nccn1-c1ccc(C2C(C#N)=C(N)Oc3c2c(-c2ccccc2)nn3C)cc1. The highest BCUT2D eigenvalue weighted by Crippen LogP contribution is 2.46. The van der Waals surface area contributed by atoms with E-state index in [1.807, 2.05) is 54.6 Å². The number of carbonyl (C=O) groups excluding carboxylic acids is 1. The average Bonchev–Trinajstić information content (AvgIpc) is 3.49. The number of nitrogens with two attached hydrogens (primary N) is 1. The number of carbonyl (C=O) groups is 1. The standard InChI is InChI=1S/C26H22N6O3/c1-3-34-26(33)24-29-13-14-32(24)18-11-9-16(10-12-18)20-19(15-27)23(28)35-25-21(20)22(30-31(25)2)17-7-5-4-6-8-17/h4-14,20H,3,28H2,1-2H3. The lowest BCUT2D eigenvalue weighted by Crippen LogP contribution is -2.22. The van der Waals surface area contributed by atoms with Gasteiger partial charge >= 0.3 is 5.97 Å². The quantitative estimate of drug-likeness (QED) is 0.446. The van der Waals surface area contributed by atoms with Crippen molar-refractivity contribution in [2.24, 2.45) is 12.8 Å². The second-order valence-electron chi connectivity index (χ2n) is 7.91. The number of allylic oxidation sites excluding steroid dienone is 1. The molecule has 5 rings (SSSR count). The van der Waals surface area contributed by atoms with E-state index >= 15 is 0 Å². The topological polar surface area (TPSA) is 121 Å². The number of aromatic nitrogens is 4. The molecule has 3 heterocycles. The molecular weight excluding hydrogens is 444 g/mol. The minimum Gasteiger partial charge on any atom is -0.460 e. The minimum absolute atomic E-state index is 0.0518. The third-order valence-corrected chi connectivity index (χ3v) is 5.85. The summed E-state index contributed by atoms with van der Waals surface area (Å²) in [6.45, 7) is 2.01. The highest BCUT2D eigenvalue weighted by atomic mass is 16.5. The molecule has 2 N–H and O–H groups in total. The summed E-state index contributed by atoms with van der Waals surface area (Å²) in [6, 6.07) is 19.5. The van der Waals surface area contributed by atoms with Gasteiger partial charge in [-0.05, 0) is 24.6 Å². The van der Waals surface area contributed by atoms with Crippen LogP contribution < -0.4 is 10.5 Å². The lowest BCUT2D eigenvalue weighted by atomic mass is 9.83. The van der Waals surface area contributed by atoms with Crippen LogP contribution in [0, 0.1) is 11.3 Å². The Morgan fingerprint density at radius 2 is 1.94 bits per heavy atom. The second kappa shape index (κ2) is 8.83. The molecule has 0 radical (unpaired) electrons. The summed E-state index contributed by atoms with van der Waals surface area (Å²) >= 11 is 0. The van der Waals surface area contributed by atoms with Gasteiger partial charge < -0.3 is 15.2 Å². The highest BCUT2D eigenvalue weighted by Gasteiger charge is 2.36. The number of nitriles is 1. The van der Waals surface area contributed by atoms with E-state index in [1.54, 1.807) is 35.6 Å². The summed E-state index contributed by atoms with van der Waals surface area (Å²) in [7, 11) is 1.78. The smallest absolute Gasteiger partial charge is 0.374 e. The summed E-state index contributed by atoms with van der Waals surface area (Å²) in [5, 5.41) is 14.7. The summed E-state index contributed by atoms with van der Waals surface area (Å²) in [6.07, 6.45) is 3.24. The van der Waals surface area contributed by atoms with Crippen molar-refractivity contribution < 1.29 is 14.3 Å². The van der Waals surface area contributed by atoms with E-state index in [0.29, 0.717) is 11.5 Å². The Bertz CT molecular complexity index is 1480. The average molecular weight is 467 g/mol. The number of hydrogen-bond acceptors (Lipinski definition) is 7. The van der Waals surface area contributed by atoms with Crippen molar-refractivity contribution in [2.45, 2.75) is 12.8 Å². The molecule has 0 aliphatic carbocycles. The molecule has 2 aromatic carbocycles. The minimum atomic E-state index is -0.499. The predicted molar refractivity (Wildman–Crippen MR) is 127 cm³/mol. The molecular formula is C26H22N6O3. The molecule has 0 saturated heterocycles. The number of imidazole rings is 1. The fourth-order valence-corrected chi connectivity index (χ4v) is 4.30. The van der Waals surface area contributed by atoms with E-state index in [-0.39, 0.29) is 18.3 Å². The van der Waals surface area contributed by atoms with Crippen LogP contribution in [0.25, 0.3) is 16.9 Å². The van der Waals surface area contributed by atoms with Crippen LogP contribution in [-0.2, 0) is 11.8 Å². The molecule has 35 heavy (non-hydrogen) atoms. The molecule has 174 valence electrons. The molecule has 0 spiro atoms. The van der Waals surface area contributed by atoms with Crippen LogP contribution in [0.5, 0.6) is 5.88 Å². The van der Waals surface area contributed by atoms with Crippen molar-refractivity contribution in [1.29, 1.82) is 5.26 Å². The number of benzene rings is 2. The first-order chi connectivity index (χ1) is 17.0. The van der Waals surface area contributed by atoms with Crippen LogP contribution in [0.2, 0.25) is 0 Å². The van der Waals surface area contributed by atoms with E-state index in [9.17, 15) is 10.1 Å². The van der Waals surface area contributed by atoms with Crippen molar-refractivity contribution in [3.63, 3.8) is 0 Å². The van der Waals surface area contributed by atoms with Gasteiger partial charge in [0.1, 0.15) is 17.3 Å². The maximum absolute atomic E-state index is 12.3. The summed E-state index contributed by atoms with van der Waals surface area (Å²) in [5.41, 5.74) is 10.4. The number of nitrogens with zero attached hydrogens (tertiary/aromatic N) is 5. The van der Waals surface area contributed by atoms with E-state index < -0.39 is 11.9 Å². The molecule has 0 fully saturated rings. The highest BCUT2D eigenvalue weighted by molar-refractivity contribution is 5.86. The Morgan fingerprint density at radius 1 is 1.20 bits per heavy atom. The van der Waals surface area contributed by atoms with Crippen LogP contribution in [0.15, 0.2) is 78.4 Å².